The Bertz CT molecular complexity index is 97.4. The minimum Gasteiger partial charge on any atom is -0.301 e. The molecule has 60 valence electrons. The predicted molar refractivity (Wildman–Crippen MR) is 48.6 cm³/mol. The molecule has 2 heteroatoms. The van der Waals surface area contributed by atoms with E-state index < -0.39 is 0 Å². The third-order valence-corrected chi connectivity index (χ3v) is 2.85. The van der Waals surface area contributed by atoms with Crippen molar-refractivity contribution in [2.24, 2.45) is 5.92 Å². The molecule has 10 heavy (non-hydrogen) atoms. The molecule has 0 saturated carbocycles. The van der Waals surface area contributed by atoms with Gasteiger partial charge in [0.25, 0.3) is 0 Å². The van der Waals surface area contributed by atoms with Gasteiger partial charge in [0.05, 0.1) is 0 Å². The molecule has 0 amide bonds. The number of hydrogen-bond acceptors (Lipinski definition) is 2. The molecule has 0 aromatic heterocycles. The minimum absolute atomic E-state index is 0.836. The zero-order valence-corrected chi connectivity index (χ0v) is 7.95. The number of thioether (sulfide) groups is 1. The maximum Gasteiger partial charge on any atom is 0.0299 e. The zero-order chi connectivity index (χ0) is 7.56. The lowest BCUT2D eigenvalue weighted by Gasteiger charge is -2.39. The Morgan fingerprint density at radius 1 is 1.50 bits per heavy atom. The molecule has 1 aliphatic rings. The zero-order valence-electron chi connectivity index (χ0n) is 7.13. The molecular formula is C8H17NS. The monoisotopic (exact) mass is 159 g/mol. The summed E-state index contributed by atoms with van der Waals surface area (Å²) >= 11 is 2.00. The molecule has 0 N–H and O–H groups in total. The molecule has 0 radical (unpaired) electrons. The first kappa shape index (κ1) is 8.41. The first-order valence-electron chi connectivity index (χ1n) is 3.97. The molecule has 1 heterocycles. The SMILES string of the molecule is CSC1CN(CC(C)C)C1. The van der Waals surface area contributed by atoms with Gasteiger partial charge in [-0.25, -0.2) is 0 Å². The lowest BCUT2D eigenvalue weighted by Crippen LogP contribution is -2.50. The lowest BCUT2D eigenvalue weighted by molar-refractivity contribution is 0.169. The van der Waals surface area contributed by atoms with Gasteiger partial charge in [0.1, 0.15) is 0 Å². The Hall–Kier alpha value is 0.310. The van der Waals surface area contributed by atoms with Gasteiger partial charge in [-0.2, -0.15) is 11.8 Å². The molecule has 1 aliphatic heterocycles. The van der Waals surface area contributed by atoms with Gasteiger partial charge in [-0.15, -0.1) is 0 Å². The smallest absolute Gasteiger partial charge is 0.0299 e. The molecule has 1 saturated heterocycles. The maximum atomic E-state index is 2.53. The Morgan fingerprint density at radius 3 is 2.50 bits per heavy atom. The van der Waals surface area contributed by atoms with Crippen LogP contribution in [0.25, 0.3) is 0 Å². The fourth-order valence-corrected chi connectivity index (χ4v) is 2.06. The molecule has 0 spiro atoms. The summed E-state index contributed by atoms with van der Waals surface area (Å²) in [6.07, 6.45) is 2.21. The summed E-state index contributed by atoms with van der Waals surface area (Å²) in [6, 6.07) is 0. The first-order chi connectivity index (χ1) is 4.72. The van der Waals surface area contributed by atoms with E-state index in [1.807, 2.05) is 11.8 Å². The fraction of sp³-hybridized carbons (Fsp3) is 1.00. The third kappa shape index (κ3) is 2.17. The van der Waals surface area contributed by atoms with Crippen molar-refractivity contribution in [3.05, 3.63) is 0 Å². The molecule has 0 aromatic rings. The van der Waals surface area contributed by atoms with Gasteiger partial charge >= 0.3 is 0 Å². The number of hydrogen-bond donors (Lipinski definition) is 0. The first-order valence-corrected chi connectivity index (χ1v) is 5.26. The highest BCUT2D eigenvalue weighted by Crippen LogP contribution is 2.20. The highest BCUT2D eigenvalue weighted by molar-refractivity contribution is 7.99. The summed E-state index contributed by atoms with van der Waals surface area (Å²) < 4.78 is 0. The summed E-state index contributed by atoms with van der Waals surface area (Å²) in [5.74, 6) is 0.836. The van der Waals surface area contributed by atoms with E-state index in [1.54, 1.807) is 0 Å². The molecule has 0 bridgehead atoms. The van der Waals surface area contributed by atoms with Crippen molar-refractivity contribution >= 4 is 11.8 Å². The average Bonchev–Trinajstić information content (AvgIpc) is 1.76. The van der Waals surface area contributed by atoms with E-state index in [4.69, 9.17) is 0 Å². The molecule has 1 nitrogen and oxygen atoms in total. The van der Waals surface area contributed by atoms with Gasteiger partial charge in [0.2, 0.25) is 0 Å². The normalized spacial score (nSPS) is 21.6. The van der Waals surface area contributed by atoms with Crippen molar-refractivity contribution in [1.29, 1.82) is 0 Å². The van der Waals surface area contributed by atoms with Crippen LogP contribution in [0.2, 0.25) is 0 Å². The van der Waals surface area contributed by atoms with Crippen LogP contribution in [-0.2, 0) is 0 Å². The Morgan fingerprint density at radius 2 is 2.10 bits per heavy atom. The number of nitrogens with zero attached hydrogens (tertiary/aromatic N) is 1. The molecule has 0 unspecified atom stereocenters. The minimum atomic E-state index is 0.836. The van der Waals surface area contributed by atoms with Crippen molar-refractivity contribution in [3.8, 4) is 0 Å². The summed E-state index contributed by atoms with van der Waals surface area (Å²) in [7, 11) is 0. The number of rotatable bonds is 3. The quantitative estimate of drug-likeness (QED) is 0.616. The van der Waals surface area contributed by atoms with Crippen LogP contribution in [0.15, 0.2) is 0 Å². The molecule has 1 fully saturated rings. The van der Waals surface area contributed by atoms with Crippen LogP contribution >= 0.6 is 11.8 Å². The van der Waals surface area contributed by atoms with Gasteiger partial charge in [0.15, 0.2) is 0 Å². The Labute approximate surface area is 68.2 Å². The van der Waals surface area contributed by atoms with Crippen LogP contribution in [-0.4, -0.2) is 36.0 Å². The fourth-order valence-electron chi connectivity index (χ4n) is 1.34. The Kier molecular flexibility index (Phi) is 3.05. The molecular weight excluding hydrogens is 142 g/mol. The summed E-state index contributed by atoms with van der Waals surface area (Å²) in [5, 5.41) is 0.929. The van der Waals surface area contributed by atoms with E-state index in [0.717, 1.165) is 11.2 Å². The van der Waals surface area contributed by atoms with E-state index >= 15 is 0 Å². The van der Waals surface area contributed by atoms with Gasteiger partial charge in [-0.3, -0.25) is 0 Å². The highest BCUT2D eigenvalue weighted by Gasteiger charge is 2.25. The highest BCUT2D eigenvalue weighted by atomic mass is 32.2. The van der Waals surface area contributed by atoms with Crippen molar-refractivity contribution in [2.75, 3.05) is 25.9 Å². The largest absolute Gasteiger partial charge is 0.301 e. The van der Waals surface area contributed by atoms with Crippen LogP contribution in [0.4, 0.5) is 0 Å². The second-order valence-electron chi connectivity index (χ2n) is 3.47. The second kappa shape index (κ2) is 3.63. The maximum absolute atomic E-state index is 2.53. The van der Waals surface area contributed by atoms with E-state index in [9.17, 15) is 0 Å². The number of likely N-dealkylation sites (tertiary alicyclic amines) is 1. The third-order valence-electron chi connectivity index (χ3n) is 1.88. The van der Waals surface area contributed by atoms with E-state index in [0.29, 0.717) is 0 Å². The molecule has 0 aliphatic carbocycles. The lowest BCUT2D eigenvalue weighted by atomic mass is 10.1. The van der Waals surface area contributed by atoms with Crippen LogP contribution in [0.5, 0.6) is 0 Å². The Balaban J connectivity index is 2.03. The topological polar surface area (TPSA) is 3.24 Å². The van der Waals surface area contributed by atoms with Crippen LogP contribution in [0.1, 0.15) is 13.8 Å². The molecule has 0 atom stereocenters. The van der Waals surface area contributed by atoms with Gasteiger partial charge in [-0.05, 0) is 12.2 Å². The van der Waals surface area contributed by atoms with Gasteiger partial charge < -0.3 is 4.90 Å². The van der Waals surface area contributed by atoms with E-state index in [-0.39, 0.29) is 0 Å². The predicted octanol–water partition coefficient (Wildman–Crippen LogP) is 1.69. The molecule has 0 aromatic carbocycles. The standard InChI is InChI=1S/C8H17NS/c1-7(2)4-9-5-8(6-9)10-3/h7-8H,4-6H2,1-3H3. The van der Waals surface area contributed by atoms with E-state index in [1.165, 1.54) is 19.6 Å². The van der Waals surface area contributed by atoms with Crippen molar-refractivity contribution in [3.63, 3.8) is 0 Å². The summed E-state index contributed by atoms with van der Waals surface area (Å²) in [4.78, 5) is 2.53. The van der Waals surface area contributed by atoms with Crippen molar-refractivity contribution in [2.45, 2.75) is 19.1 Å². The second-order valence-corrected chi connectivity index (χ2v) is 4.61. The van der Waals surface area contributed by atoms with Crippen LogP contribution < -0.4 is 0 Å². The van der Waals surface area contributed by atoms with Crippen LogP contribution in [0.3, 0.4) is 0 Å². The summed E-state index contributed by atoms with van der Waals surface area (Å²) in [5.41, 5.74) is 0. The van der Waals surface area contributed by atoms with E-state index in [2.05, 4.69) is 25.0 Å². The average molecular weight is 159 g/mol. The van der Waals surface area contributed by atoms with Gasteiger partial charge in [0, 0.05) is 24.9 Å². The van der Waals surface area contributed by atoms with Crippen molar-refractivity contribution in [1.82, 2.24) is 4.90 Å². The molecule has 1 rings (SSSR count). The van der Waals surface area contributed by atoms with Gasteiger partial charge in [-0.1, -0.05) is 13.8 Å². The van der Waals surface area contributed by atoms with Crippen LogP contribution in [0, 0.1) is 5.92 Å². The van der Waals surface area contributed by atoms with Crippen molar-refractivity contribution < 1.29 is 0 Å². The summed E-state index contributed by atoms with van der Waals surface area (Å²) in [6.45, 7) is 8.49.